The van der Waals surface area contributed by atoms with E-state index in [0.29, 0.717) is 11.8 Å². The van der Waals surface area contributed by atoms with Crippen LogP contribution in [0.1, 0.15) is 45.4 Å². The first-order valence-electron chi connectivity index (χ1n) is 9.82. The van der Waals surface area contributed by atoms with E-state index in [1.54, 1.807) is 17.3 Å². The average molecular weight is 378 g/mol. The Morgan fingerprint density at radius 1 is 1.36 bits per heavy atom. The molecule has 2 aliphatic rings. The van der Waals surface area contributed by atoms with Crippen molar-refractivity contribution in [3.05, 3.63) is 43.1 Å². The van der Waals surface area contributed by atoms with Crippen molar-refractivity contribution in [2.45, 2.75) is 45.1 Å². The molecular formula is C21H26N6O. The Morgan fingerprint density at radius 2 is 2.18 bits per heavy atom. The summed E-state index contributed by atoms with van der Waals surface area (Å²) in [5.74, 6) is 2.21. The van der Waals surface area contributed by atoms with Gasteiger partial charge in [-0.2, -0.15) is 4.98 Å². The number of nitrogens with zero attached hydrogens (tertiary/aromatic N) is 6. The molecule has 1 saturated heterocycles. The Hall–Kier alpha value is -2.96. The van der Waals surface area contributed by atoms with Crippen molar-refractivity contribution in [3.8, 4) is 5.95 Å². The van der Waals surface area contributed by atoms with Crippen LogP contribution in [0.15, 0.2) is 37.3 Å². The zero-order chi connectivity index (χ0) is 19.9. The molecule has 2 aliphatic heterocycles. The quantitative estimate of drug-likeness (QED) is 0.763. The molecule has 0 saturated carbocycles. The van der Waals surface area contributed by atoms with Gasteiger partial charge in [0.15, 0.2) is 5.82 Å². The summed E-state index contributed by atoms with van der Waals surface area (Å²) in [5.41, 5.74) is 1.05. The maximum absolute atomic E-state index is 13.2. The standard InChI is InChI=1S/C21H26N6O/c1-5-9-15(3)17-22-11-13-26(17)20-23-14-16-18(24-20)27-12-8-7-10-21(27,6-2)19(28)25(16)4/h5,9,11,13-14H,3,6-8,10,12H2,1-2,4H3. The van der Waals surface area contributed by atoms with Gasteiger partial charge in [-0.3, -0.25) is 9.36 Å². The number of piperidine rings is 1. The third-order valence-electron chi connectivity index (χ3n) is 5.89. The van der Waals surface area contributed by atoms with Gasteiger partial charge in [0.25, 0.3) is 5.91 Å². The predicted octanol–water partition coefficient (Wildman–Crippen LogP) is 3.37. The van der Waals surface area contributed by atoms with Gasteiger partial charge < -0.3 is 9.80 Å². The molecule has 1 unspecified atom stereocenters. The van der Waals surface area contributed by atoms with E-state index >= 15 is 0 Å². The Labute approximate surface area is 165 Å². The fraction of sp³-hybridized carbons (Fsp3) is 0.429. The van der Waals surface area contributed by atoms with Gasteiger partial charge in [0.1, 0.15) is 17.1 Å². The number of carbonyl (C=O) groups is 1. The number of allylic oxidation sites excluding steroid dienone is 3. The summed E-state index contributed by atoms with van der Waals surface area (Å²) in [5, 5.41) is 0. The number of aromatic nitrogens is 4. The zero-order valence-electron chi connectivity index (χ0n) is 16.7. The zero-order valence-corrected chi connectivity index (χ0v) is 16.7. The number of hydrogen-bond donors (Lipinski definition) is 0. The molecule has 1 fully saturated rings. The second-order valence-electron chi connectivity index (χ2n) is 7.38. The molecule has 146 valence electrons. The van der Waals surface area contributed by atoms with Crippen LogP contribution in [0, 0.1) is 0 Å². The maximum atomic E-state index is 13.2. The van der Waals surface area contributed by atoms with Crippen LogP contribution in [-0.2, 0) is 4.79 Å². The predicted molar refractivity (Wildman–Crippen MR) is 111 cm³/mol. The molecule has 1 amide bonds. The summed E-state index contributed by atoms with van der Waals surface area (Å²) < 4.78 is 1.84. The molecule has 0 aliphatic carbocycles. The van der Waals surface area contributed by atoms with Gasteiger partial charge in [-0.15, -0.1) is 0 Å². The van der Waals surface area contributed by atoms with Gasteiger partial charge in [-0.05, 0) is 32.6 Å². The van der Waals surface area contributed by atoms with Gasteiger partial charge in [0.2, 0.25) is 5.95 Å². The topological polar surface area (TPSA) is 67.2 Å². The highest BCUT2D eigenvalue weighted by atomic mass is 16.2. The molecule has 7 nitrogen and oxygen atoms in total. The maximum Gasteiger partial charge on any atom is 0.252 e. The van der Waals surface area contributed by atoms with Crippen LogP contribution in [0.3, 0.4) is 0 Å². The average Bonchev–Trinajstić information content (AvgIpc) is 3.22. The monoisotopic (exact) mass is 378 g/mol. The summed E-state index contributed by atoms with van der Waals surface area (Å²) in [6.07, 6.45) is 12.9. The fourth-order valence-electron chi connectivity index (χ4n) is 4.39. The molecule has 4 heterocycles. The van der Waals surface area contributed by atoms with E-state index in [9.17, 15) is 4.79 Å². The number of anilines is 2. The number of likely N-dealkylation sites (N-methyl/N-ethyl adjacent to an activating group) is 1. The molecule has 0 radical (unpaired) electrons. The van der Waals surface area contributed by atoms with Crippen molar-refractivity contribution < 1.29 is 4.79 Å². The lowest BCUT2D eigenvalue weighted by Crippen LogP contribution is -2.64. The van der Waals surface area contributed by atoms with E-state index in [2.05, 4.69) is 28.4 Å². The van der Waals surface area contributed by atoms with E-state index in [4.69, 9.17) is 4.98 Å². The Balaban J connectivity index is 1.84. The van der Waals surface area contributed by atoms with E-state index in [1.165, 1.54) is 0 Å². The lowest BCUT2D eigenvalue weighted by atomic mass is 9.81. The summed E-state index contributed by atoms with van der Waals surface area (Å²) in [4.78, 5) is 31.0. The van der Waals surface area contributed by atoms with Crippen molar-refractivity contribution in [2.75, 3.05) is 23.4 Å². The molecule has 28 heavy (non-hydrogen) atoms. The van der Waals surface area contributed by atoms with Gasteiger partial charge >= 0.3 is 0 Å². The first kappa shape index (κ1) is 18.4. The van der Waals surface area contributed by atoms with Crippen LogP contribution >= 0.6 is 0 Å². The second-order valence-corrected chi connectivity index (χ2v) is 7.38. The van der Waals surface area contributed by atoms with Gasteiger partial charge in [-0.25, -0.2) is 9.97 Å². The van der Waals surface area contributed by atoms with Gasteiger partial charge in [0, 0.05) is 31.6 Å². The van der Waals surface area contributed by atoms with E-state index in [-0.39, 0.29) is 5.91 Å². The number of hydrogen-bond acceptors (Lipinski definition) is 5. The van der Waals surface area contributed by atoms with Crippen LogP contribution in [0.25, 0.3) is 11.5 Å². The largest absolute Gasteiger partial charge is 0.340 e. The number of fused-ring (bicyclic) bond motifs is 3. The Morgan fingerprint density at radius 3 is 2.93 bits per heavy atom. The van der Waals surface area contributed by atoms with Crippen LogP contribution in [0.4, 0.5) is 11.5 Å². The highest BCUT2D eigenvalue weighted by Gasteiger charge is 2.51. The minimum Gasteiger partial charge on any atom is -0.340 e. The summed E-state index contributed by atoms with van der Waals surface area (Å²) in [7, 11) is 1.82. The first-order valence-corrected chi connectivity index (χ1v) is 9.82. The number of carbonyl (C=O) groups excluding carboxylic acids is 1. The van der Waals surface area contributed by atoms with Crippen molar-refractivity contribution >= 4 is 23.0 Å². The van der Waals surface area contributed by atoms with E-state index in [1.807, 2.05) is 36.9 Å². The smallest absolute Gasteiger partial charge is 0.252 e. The van der Waals surface area contributed by atoms with Crippen molar-refractivity contribution in [3.63, 3.8) is 0 Å². The lowest BCUT2D eigenvalue weighted by Gasteiger charge is -2.51. The molecule has 2 aromatic rings. The SMILES string of the molecule is C=C(C=CC)c1nccn1-c1ncc2c(n1)N1CCCCC1(CC)C(=O)N2C. The molecule has 0 N–H and O–H groups in total. The Kier molecular flexibility index (Phi) is 4.53. The summed E-state index contributed by atoms with van der Waals surface area (Å²) in [6, 6.07) is 0. The number of amides is 1. The minimum atomic E-state index is -0.502. The molecule has 0 spiro atoms. The molecule has 0 aromatic carbocycles. The van der Waals surface area contributed by atoms with Crippen LogP contribution in [0.5, 0.6) is 0 Å². The molecule has 1 atom stereocenters. The van der Waals surface area contributed by atoms with Gasteiger partial charge in [-0.1, -0.05) is 25.7 Å². The van der Waals surface area contributed by atoms with E-state index < -0.39 is 5.54 Å². The molecule has 4 rings (SSSR count). The first-order chi connectivity index (χ1) is 13.5. The highest BCUT2D eigenvalue weighted by Crippen LogP contribution is 2.44. The third kappa shape index (κ3) is 2.57. The van der Waals surface area contributed by atoms with Gasteiger partial charge in [0.05, 0.1) is 6.20 Å². The van der Waals surface area contributed by atoms with Crippen molar-refractivity contribution in [1.29, 1.82) is 0 Å². The summed E-state index contributed by atoms with van der Waals surface area (Å²) in [6.45, 7) is 8.95. The Bertz CT molecular complexity index is 962. The van der Waals surface area contributed by atoms with E-state index in [0.717, 1.165) is 49.3 Å². The number of imidazole rings is 1. The molecule has 2 aromatic heterocycles. The fourth-order valence-corrected chi connectivity index (χ4v) is 4.39. The second kappa shape index (κ2) is 6.89. The normalized spacial score (nSPS) is 21.8. The van der Waals surface area contributed by atoms with Crippen molar-refractivity contribution in [1.82, 2.24) is 19.5 Å². The molecule has 0 bridgehead atoms. The molecule has 7 heteroatoms. The van der Waals surface area contributed by atoms with Crippen LogP contribution in [0.2, 0.25) is 0 Å². The summed E-state index contributed by atoms with van der Waals surface area (Å²) >= 11 is 0. The molecular weight excluding hydrogens is 352 g/mol. The highest BCUT2D eigenvalue weighted by molar-refractivity contribution is 6.07. The number of rotatable bonds is 4. The third-order valence-corrected chi connectivity index (χ3v) is 5.89. The minimum absolute atomic E-state index is 0.142. The lowest BCUT2D eigenvalue weighted by molar-refractivity contribution is -0.124. The van der Waals surface area contributed by atoms with Crippen LogP contribution < -0.4 is 9.80 Å². The van der Waals surface area contributed by atoms with Crippen LogP contribution in [-0.4, -0.2) is 44.6 Å². The van der Waals surface area contributed by atoms with Crippen molar-refractivity contribution in [2.24, 2.45) is 0 Å².